The summed E-state index contributed by atoms with van der Waals surface area (Å²) in [6, 6.07) is 0. The van der Waals surface area contributed by atoms with Gasteiger partial charge in [-0.15, -0.1) is 11.8 Å². The summed E-state index contributed by atoms with van der Waals surface area (Å²) < 4.78 is 2.61. The molecule has 0 radical (unpaired) electrons. The van der Waals surface area contributed by atoms with Crippen LogP contribution >= 0.6 is 11.8 Å². The van der Waals surface area contributed by atoms with Crippen LogP contribution in [0.4, 0.5) is 0 Å². The van der Waals surface area contributed by atoms with Crippen LogP contribution in [-0.4, -0.2) is 24.4 Å². The smallest absolute Gasteiger partial charge is 0.280 e. The third kappa shape index (κ3) is 2.90. The van der Waals surface area contributed by atoms with Crippen LogP contribution in [0, 0.1) is 0 Å². The highest BCUT2D eigenvalue weighted by Gasteiger charge is 2.24. The molecule has 24 heavy (non-hydrogen) atoms. The number of hydrogen-bond donors (Lipinski definition) is 0. The van der Waals surface area contributed by atoms with Crippen molar-refractivity contribution >= 4 is 22.8 Å². The number of rotatable bonds is 4. The van der Waals surface area contributed by atoms with Gasteiger partial charge in [-0.05, 0) is 19.3 Å². The van der Waals surface area contributed by atoms with Crippen molar-refractivity contribution in [3.8, 4) is 0 Å². The van der Waals surface area contributed by atoms with Crippen molar-refractivity contribution in [3.63, 3.8) is 0 Å². The first-order valence-corrected chi connectivity index (χ1v) is 9.46. The van der Waals surface area contributed by atoms with Crippen molar-refractivity contribution < 1.29 is 0 Å². The Morgan fingerprint density at radius 1 is 1.17 bits per heavy atom. The van der Waals surface area contributed by atoms with Crippen molar-refractivity contribution in [1.29, 1.82) is 0 Å². The Bertz CT molecular complexity index is 881. The van der Waals surface area contributed by atoms with Gasteiger partial charge < -0.3 is 0 Å². The molecule has 0 aliphatic heterocycles. The monoisotopic (exact) mass is 348 g/mol. The van der Waals surface area contributed by atoms with Crippen LogP contribution in [0.2, 0.25) is 0 Å². The zero-order valence-corrected chi connectivity index (χ0v) is 15.5. The van der Waals surface area contributed by atoms with E-state index in [0.717, 1.165) is 29.7 Å². The molecule has 1 atom stereocenters. The van der Waals surface area contributed by atoms with Gasteiger partial charge in [0.05, 0.1) is 0 Å². The minimum absolute atomic E-state index is 0.308. The minimum Gasteiger partial charge on any atom is -0.280 e. The van der Waals surface area contributed by atoms with E-state index < -0.39 is 0 Å². The summed E-state index contributed by atoms with van der Waals surface area (Å²) in [6.45, 7) is 4.24. The first-order chi connectivity index (χ1) is 11.4. The number of aromatic nitrogens is 4. The molecule has 2 aromatic rings. The average molecular weight is 348 g/mol. The zero-order chi connectivity index (χ0) is 17.4. The van der Waals surface area contributed by atoms with Gasteiger partial charge >= 0.3 is 5.69 Å². The van der Waals surface area contributed by atoms with Crippen LogP contribution in [0.3, 0.4) is 0 Å². The van der Waals surface area contributed by atoms with Crippen LogP contribution < -0.4 is 11.2 Å². The standard InChI is InChI=1S/C17H24N4O2S/c1-5-10(2)24-15-12-14(20(3)17(23)21(4)16(12)22)18-13(19-15)11-8-6-7-9-11/h10-11H,5-9H2,1-4H3/t10-/m0/s1. The number of fused-ring (bicyclic) bond motifs is 1. The molecule has 2 aromatic heterocycles. The second-order valence-electron chi connectivity index (χ2n) is 6.61. The molecule has 0 amide bonds. The summed E-state index contributed by atoms with van der Waals surface area (Å²) in [6.07, 6.45) is 5.53. The van der Waals surface area contributed by atoms with Crippen molar-refractivity contribution in [2.45, 2.75) is 62.1 Å². The van der Waals surface area contributed by atoms with E-state index in [1.54, 1.807) is 18.8 Å². The van der Waals surface area contributed by atoms with Gasteiger partial charge in [-0.25, -0.2) is 14.8 Å². The molecule has 1 fully saturated rings. The van der Waals surface area contributed by atoms with E-state index in [1.165, 1.54) is 24.5 Å². The van der Waals surface area contributed by atoms with Crippen molar-refractivity contribution in [1.82, 2.24) is 19.1 Å². The van der Waals surface area contributed by atoms with Gasteiger partial charge in [-0.3, -0.25) is 13.9 Å². The average Bonchev–Trinajstić information content (AvgIpc) is 3.11. The van der Waals surface area contributed by atoms with Crippen molar-refractivity contribution in [2.75, 3.05) is 0 Å². The number of aryl methyl sites for hydroxylation is 1. The Morgan fingerprint density at radius 3 is 2.46 bits per heavy atom. The molecular weight excluding hydrogens is 324 g/mol. The molecule has 0 saturated heterocycles. The molecular formula is C17H24N4O2S. The highest BCUT2D eigenvalue weighted by Crippen LogP contribution is 2.35. The predicted molar refractivity (Wildman–Crippen MR) is 96.8 cm³/mol. The van der Waals surface area contributed by atoms with E-state index in [1.807, 2.05) is 0 Å². The summed E-state index contributed by atoms with van der Waals surface area (Å²) in [5, 5.41) is 1.53. The Kier molecular flexibility index (Phi) is 4.80. The number of nitrogens with zero attached hydrogens (tertiary/aromatic N) is 4. The highest BCUT2D eigenvalue weighted by molar-refractivity contribution is 8.00. The molecule has 0 unspecified atom stereocenters. The molecule has 1 aliphatic rings. The van der Waals surface area contributed by atoms with Crippen LogP contribution in [-0.2, 0) is 14.1 Å². The van der Waals surface area contributed by atoms with Crippen molar-refractivity contribution in [2.24, 2.45) is 14.1 Å². The Balaban J connectivity index is 2.31. The van der Waals surface area contributed by atoms with Crippen molar-refractivity contribution in [3.05, 3.63) is 26.7 Å². The SMILES string of the molecule is CC[C@H](C)Sc1nc(C2CCCC2)nc2c1c(=O)n(C)c(=O)n2C. The van der Waals surface area contributed by atoms with E-state index in [0.29, 0.717) is 27.2 Å². The molecule has 0 spiro atoms. The van der Waals surface area contributed by atoms with Gasteiger partial charge in [0.1, 0.15) is 16.2 Å². The zero-order valence-electron chi connectivity index (χ0n) is 14.7. The molecule has 7 heteroatoms. The minimum atomic E-state index is -0.344. The number of thioether (sulfide) groups is 1. The molecule has 2 heterocycles. The molecule has 6 nitrogen and oxygen atoms in total. The van der Waals surface area contributed by atoms with Gasteiger partial charge in [-0.1, -0.05) is 26.7 Å². The second kappa shape index (κ2) is 6.70. The van der Waals surface area contributed by atoms with E-state index in [4.69, 9.17) is 4.98 Å². The largest absolute Gasteiger partial charge is 0.332 e. The van der Waals surface area contributed by atoms with Gasteiger partial charge in [0, 0.05) is 25.3 Å². The third-order valence-electron chi connectivity index (χ3n) is 4.89. The lowest BCUT2D eigenvalue weighted by Gasteiger charge is -2.16. The lowest BCUT2D eigenvalue weighted by Crippen LogP contribution is -2.38. The maximum atomic E-state index is 12.7. The second-order valence-corrected chi connectivity index (χ2v) is 8.04. The van der Waals surface area contributed by atoms with E-state index in [-0.39, 0.29) is 11.2 Å². The topological polar surface area (TPSA) is 69.8 Å². The fourth-order valence-corrected chi connectivity index (χ4v) is 4.16. The maximum Gasteiger partial charge on any atom is 0.332 e. The van der Waals surface area contributed by atoms with Gasteiger partial charge in [0.2, 0.25) is 0 Å². The molecule has 1 aliphatic carbocycles. The van der Waals surface area contributed by atoms with E-state index in [2.05, 4.69) is 18.8 Å². The first kappa shape index (κ1) is 17.2. The Hall–Kier alpha value is -1.63. The first-order valence-electron chi connectivity index (χ1n) is 8.58. The molecule has 0 aromatic carbocycles. The fourth-order valence-electron chi connectivity index (χ4n) is 3.17. The molecule has 3 rings (SSSR count). The molecule has 1 saturated carbocycles. The lowest BCUT2D eigenvalue weighted by molar-refractivity contribution is 0.648. The molecule has 0 bridgehead atoms. The van der Waals surface area contributed by atoms with Crippen LogP contribution in [0.5, 0.6) is 0 Å². The van der Waals surface area contributed by atoms with E-state index in [9.17, 15) is 9.59 Å². The fraction of sp³-hybridized carbons (Fsp3) is 0.647. The summed E-state index contributed by atoms with van der Waals surface area (Å²) >= 11 is 1.60. The maximum absolute atomic E-state index is 12.7. The predicted octanol–water partition coefficient (Wildman–Crippen LogP) is 2.58. The summed E-state index contributed by atoms with van der Waals surface area (Å²) in [7, 11) is 3.18. The third-order valence-corrected chi connectivity index (χ3v) is 6.15. The van der Waals surface area contributed by atoms with Crippen LogP contribution in [0.25, 0.3) is 11.0 Å². The summed E-state index contributed by atoms with van der Waals surface area (Å²) in [5.41, 5.74) is -0.189. The van der Waals surface area contributed by atoms with Crippen LogP contribution in [0.1, 0.15) is 57.7 Å². The lowest BCUT2D eigenvalue weighted by atomic mass is 10.1. The van der Waals surface area contributed by atoms with Gasteiger partial charge in [-0.2, -0.15) is 0 Å². The van der Waals surface area contributed by atoms with Crippen LogP contribution in [0.15, 0.2) is 14.6 Å². The molecule has 0 N–H and O–H groups in total. The molecule has 130 valence electrons. The van der Waals surface area contributed by atoms with E-state index >= 15 is 0 Å². The Labute approximate surface area is 145 Å². The normalized spacial score (nSPS) is 16.8. The summed E-state index contributed by atoms with van der Waals surface area (Å²) in [5.74, 6) is 1.12. The van der Waals surface area contributed by atoms with Gasteiger partial charge in [0.25, 0.3) is 5.56 Å². The van der Waals surface area contributed by atoms with Gasteiger partial charge in [0.15, 0.2) is 5.65 Å². The summed E-state index contributed by atoms with van der Waals surface area (Å²) in [4.78, 5) is 34.4. The number of hydrogen-bond acceptors (Lipinski definition) is 5. The highest BCUT2D eigenvalue weighted by atomic mass is 32.2. The Morgan fingerprint density at radius 2 is 1.83 bits per heavy atom. The quantitative estimate of drug-likeness (QED) is 0.627.